The molecule has 0 bridgehead atoms. The normalized spacial score (nSPS) is 28.6. The molecule has 37 heavy (non-hydrogen) atoms. The van der Waals surface area contributed by atoms with E-state index >= 15 is 0 Å². The average molecular weight is 545 g/mol. The molecule has 0 aromatic rings. The number of halogens is 1. The summed E-state index contributed by atoms with van der Waals surface area (Å²) >= 11 is 6.51. The Hall–Kier alpha value is -2.20. The van der Waals surface area contributed by atoms with Crippen molar-refractivity contribution < 1.29 is 43.9 Å². The van der Waals surface area contributed by atoms with Crippen LogP contribution in [0, 0.1) is 5.92 Å². The molecule has 0 amide bonds. The molecule has 0 saturated heterocycles. The van der Waals surface area contributed by atoms with E-state index in [1.807, 2.05) is 0 Å². The van der Waals surface area contributed by atoms with Gasteiger partial charge in [-0.15, -0.1) is 11.6 Å². The van der Waals surface area contributed by atoms with Gasteiger partial charge >= 0.3 is 17.9 Å². The number of ether oxygens (including phenoxy) is 3. The van der Waals surface area contributed by atoms with Gasteiger partial charge in [0, 0.05) is 30.4 Å². The summed E-state index contributed by atoms with van der Waals surface area (Å²) in [6.07, 6.45) is -2.13. The van der Waals surface area contributed by atoms with Gasteiger partial charge in [-0.3, -0.25) is 4.79 Å². The molecule has 0 aromatic carbocycles. The molecule has 10 heteroatoms. The Bertz CT molecular complexity index is 929. The smallest absolute Gasteiger partial charge is 0.333 e. The van der Waals surface area contributed by atoms with E-state index in [1.54, 1.807) is 26.8 Å². The van der Waals surface area contributed by atoms with Crippen LogP contribution in [-0.2, 0) is 28.6 Å². The molecule has 1 aliphatic rings. The monoisotopic (exact) mass is 544 g/mol. The summed E-state index contributed by atoms with van der Waals surface area (Å²) in [6.45, 7) is 15.8. The van der Waals surface area contributed by atoms with Gasteiger partial charge in [0.1, 0.15) is 17.8 Å². The first-order chi connectivity index (χ1) is 16.9. The number of alkyl halides is 1. The van der Waals surface area contributed by atoms with E-state index < -0.39 is 64.8 Å². The number of hydrogen-bond donors (Lipinski definition) is 3. The summed E-state index contributed by atoms with van der Waals surface area (Å²) in [4.78, 5) is 36.9. The lowest BCUT2D eigenvalue weighted by Crippen LogP contribution is -2.63. The second-order valence-electron chi connectivity index (χ2n) is 10.3. The maximum atomic E-state index is 12.6. The van der Waals surface area contributed by atoms with E-state index in [1.165, 1.54) is 40.7 Å². The van der Waals surface area contributed by atoms with Crippen molar-refractivity contribution in [3.63, 3.8) is 0 Å². The largest absolute Gasteiger partial charge is 0.458 e. The second-order valence-corrected chi connectivity index (χ2v) is 10.8. The molecular formula is C27H41ClO9. The van der Waals surface area contributed by atoms with E-state index in [0.717, 1.165) is 0 Å². The summed E-state index contributed by atoms with van der Waals surface area (Å²) in [5.41, 5.74) is -2.52. The first-order valence-corrected chi connectivity index (χ1v) is 12.6. The van der Waals surface area contributed by atoms with Crippen LogP contribution in [-0.4, -0.2) is 74.2 Å². The van der Waals surface area contributed by atoms with Crippen LogP contribution >= 0.6 is 11.6 Å². The van der Waals surface area contributed by atoms with Gasteiger partial charge in [0.2, 0.25) is 0 Å². The molecule has 1 fully saturated rings. The molecule has 0 aliphatic heterocycles. The number of carbonyl (C=O) groups excluding carboxylic acids is 3. The Morgan fingerprint density at radius 1 is 1.11 bits per heavy atom. The molecule has 7 unspecified atom stereocenters. The van der Waals surface area contributed by atoms with Gasteiger partial charge in [-0.1, -0.05) is 18.7 Å². The van der Waals surface area contributed by atoms with Crippen molar-refractivity contribution in [2.45, 2.75) is 109 Å². The van der Waals surface area contributed by atoms with Crippen molar-refractivity contribution in [1.82, 2.24) is 0 Å². The molecule has 1 aliphatic carbocycles. The van der Waals surface area contributed by atoms with E-state index in [4.69, 9.17) is 25.8 Å². The quantitative estimate of drug-likeness (QED) is 0.124. The van der Waals surface area contributed by atoms with Gasteiger partial charge in [-0.25, -0.2) is 9.59 Å². The number of hydrogen-bond acceptors (Lipinski definition) is 9. The third kappa shape index (κ3) is 8.40. The highest BCUT2D eigenvalue weighted by molar-refractivity contribution is 6.21. The van der Waals surface area contributed by atoms with Crippen LogP contribution in [0.25, 0.3) is 0 Å². The standard InChI is InChI=1S/C27H41ClO9/c1-10-14(3)24(31)36-21(26(7,8)33)13-19(30)16(5)18-12-20(28)27(9,34)23(22(18)35-17(6)29)37-25(32)15(4)11-2/h10-11,18-23,30,33-34H,5,12-13H2,1-4,6-9H3. The van der Waals surface area contributed by atoms with E-state index in [2.05, 4.69) is 6.58 Å². The fourth-order valence-corrected chi connectivity index (χ4v) is 4.27. The maximum Gasteiger partial charge on any atom is 0.333 e. The van der Waals surface area contributed by atoms with Crippen molar-refractivity contribution in [2.24, 2.45) is 5.92 Å². The number of allylic oxidation sites excluding steroid dienone is 2. The SMILES string of the molecule is C=C(C(O)CC(OC(=O)C(C)=CC)C(C)(C)O)C1CC(Cl)C(C)(O)C(OC(=O)C(C)=CC)C1OC(C)=O. The first-order valence-electron chi connectivity index (χ1n) is 12.2. The first kappa shape index (κ1) is 32.8. The summed E-state index contributed by atoms with van der Waals surface area (Å²) in [5.74, 6) is -2.91. The third-order valence-corrected chi connectivity index (χ3v) is 7.41. The molecule has 1 saturated carbocycles. The van der Waals surface area contributed by atoms with Gasteiger partial charge in [-0.2, -0.15) is 0 Å². The zero-order valence-electron chi connectivity index (χ0n) is 22.9. The Kier molecular flexibility index (Phi) is 11.6. The van der Waals surface area contributed by atoms with Crippen LogP contribution in [0.4, 0.5) is 0 Å². The minimum atomic E-state index is -1.78. The van der Waals surface area contributed by atoms with Gasteiger partial charge in [0.25, 0.3) is 0 Å². The van der Waals surface area contributed by atoms with Gasteiger partial charge in [-0.05, 0) is 60.5 Å². The third-order valence-electron chi connectivity index (χ3n) is 6.79. The molecule has 3 N–H and O–H groups in total. The molecule has 0 spiro atoms. The van der Waals surface area contributed by atoms with Gasteiger partial charge in [0.05, 0.1) is 17.1 Å². The zero-order chi connectivity index (χ0) is 28.9. The average Bonchev–Trinajstić information content (AvgIpc) is 2.80. The number of esters is 3. The molecule has 0 heterocycles. The van der Waals surface area contributed by atoms with Crippen molar-refractivity contribution in [2.75, 3.05) is 0 Å². The fraction of sp³-hybridized carbons (Fsp3) is 0.667. The number of rotatable bonds is 10. The Morgan fingerprint density at radius 3 is 2.08 bits per heavy atom. The highest BCUT2D eigenvalue weighted by Crippen LogP contribution is 2.43. The fourth-order valence-electron chi connectivity index (χ4n) is 3.95. The highest BCUT2D eigenvalue weighted by Gasteiger charge is 2.56. The minimum Gasteiger partial charge on any atom is -0.458 e. The second kappa shape index (κ2) is 13.0. The van der Waals surface area contributed by atoms with Crippen LogP contribution in [0.1, 0.15) is 68.2 Å². The van der Waals surface area contributed by atoms with E-state index in [-0.39, 0.29) is 24.0 Å². The molecule has 0 aromatic heterocycles. The van der Waals surface area contributed by atoms with Crippen LogP contribution in [0.5, 0.6) is 0 Å². The van der Waals surface area contributed by atoms with Crippen LogP contribution in [0.2, 0.25) is 0 Å². The van der Waals surface area contributed by atoms with Crippen molar-refractivity contribution in [3.05, 3.63) is 35.5 Å². The molecule has 7 atom stereocenters. The Morgan fingerprint density at radius 2 is 1.62 bits per heavy atom. The van der Waals surface area contributed by atoms with Crippen LogP contribution in [0.3, 0.4) is 0 Å². The van der Waals surface area contributed by atoms with Crippen LogP contribution in [0.15, 0.2) is 35.5 Å². The zero-order valence-corrected chi connectivity index (χ0v) is 23.7. The molecule has 9 nitrogen and oxygen atoms in total. The Labute approximate surface area is 224 Å². The topological polar surface area (TPSA) is 140 Å². The minimum absolute atomic E-state index is 0.0314. The lowest BCUT2D eigenvalue weighted by molar-refractivity contribution is -0.202. The lowest BCUT2D eigenvalue weighted by Gasteiger charge is -2.48. The highest BCUT2D eigenvalue weighted by atomic mass is 35.5. The van der Waals surface area contributed by atoms with Crippen molar-refractivity contribution >= 4 is 29.5 Å². The van der Waals surface area contributed by atoms with E-state index in [0.29, 0.717) is 5.57 Å². The number of carbonyl (C=O) groups is 3. The summed E-state index contributed by atoms with van der Waals surface area (Å²) in [7, 11) is 0. The Balaban J connectivity index is 3.35. The maximum absolute atomic E-state index is 12.6. The van der Waals surface area contributed by atoms with Gasteiger partial charge in [0.15, 0.2) is 6.10 Å². The number of aliphatic hydroxyl groups excluding tert-OH is 1. The van der Waals surface area contributed by atoms with Gasteiger partial charge < -0.3 is 29.5 Å². The predicted octanol–water partition coefficient (Wildman–Crippen LogP) is 3.13. The van der Waals surface area contributed by atoms with Crippen LogP contribution < -0.4 is 0 Å². The number of aliphatic hydroxyl groups is 3. The molecule has 1 rings (SSSR count). The van der Waals surface area contributed by atoms with Crippen molar-refractivity contribution in [3.8, 4) is 0 Å². The van der Waals surface area contributed by atoms with Crippen molar-refractivity contribution in [1.29, 1.82) is 0 Å². The van der Waals surface area contributed by atoms with E-state index in [9.17, 15) is 29.7 Å². The summed E-state index contributed by atoms with van der Waals surface area (Å²) in [6, 6.07) is 0. The molecule has 0 radical (unpaired) electrons. The predicted molar refractivity (Wildman–Crippen MR) is 139 cm³/mol. The molecule has 210 valence electrons. The summed E-state index contributed by atoms with van der Waals surface area (Å²) in [5, 5.41) is 31.9. The lowest BCUT2D eigenvalue weighted by atomic mass is 9.70. The summed E-state index contributed by atoms with van der Waals surface area (Å²) < 4.78 is 16.5. The molecular weight excluding hydrogens is 504 g/mol.